The van der Waals surface area contributed by atoms with Crippen LogP contribution in [0.25, 0.3) is 21.9 Å². The summed E-state index contributed by atoms with van der Waals surface area (Å²) in [6, 6.07) is 7.02. The molecular weight excluding hydrogens is 845 g/mol. The largest absolute Gasteiger partial charge is 0.478 e. The fourth-order valence-electron chi connectivity index (χ4n) is 8.83. The first-order chi connectivity index (χ1) is 30.1. The first-order valence-corrected chi connectivity index (χ1v) is 21.3. The molecule has 0 aliphatic carbocycles. The highest BCUT2D eigenvalue weighted by molar-refractivity contribution is 6.33. The van der Waals surface area contributed by atoms with Gasteiger partial charge in [-0.1, -0.05) is 23.7 Å². The van der Waals surface area contributed by atoms with Gasteiger partial charge in [0.2, 0.25) is 17.8 Å². The van der Waals surface area contributed by atoms with Crippen molar-refractivity contribution in [1.29, 1.82) is 0 Å². The summed E-state index contributed by atoms with van der Waals surface area (Å²) in [5, 5.41) is 14.2. The number of amides is 3. The lowest BCUT2D eigenvalue weighted by Crippen LogP contribution is -2.60. The van der Waals surface area contributed by atoms with E-state index in [4.69, 9.17) is 21.4 Å². The van der Waals surface area contributed by atoms with Crippen molar-refractivity contribution in [2.45, 2.75) is 63.7 Å². The lowest BCUT2D eigenvalue weighted by atomic mass is 9.92. The van der Waals surface area contributed by atoms with Crippen molar-refractivity contribution >= 4 is 74.4 Å². The molecule has 5 aromatic rings. The number of ether oxygens (including phenoxy) is 1. The number of piperazine rings is 1. The van der Waals surface area contributed by atoms with E-state index in [1.807, 2.05) is 39.1 Å². The number of hydrogen-bond donors (Lipinski definition) is 3. The molecule has 3 N–H and O–H groups in total. The van der Waals surface area contributed by atoms with Crippen molar-refractivity contribution in [3.63, 3.8) is 0 Å². The van der Waals surface area contributed by atoms with Gasteiger partial charge in [-0.2, -0.15) is 23.3 Å². The first kappa shape index (κ1) is 43.6. The number of aromatic nitrogens is 6. The van der Waals surface area contributed by atoms with E-state index in [-0.39, 0.29) is 85.5 Å². The number of likely N-dealkylation sites (N-methyl/N-ethyl adjacent to an activating group) is 1. The van der Waals surface area contributed by atoms with E-state index in [9.17, 15) is 32.3 Å². The summed E-state index contributed by atoms with van der Waals surface area (Å²) in [4.78, 5) is 68.2. The Morgan fingerprint density at radius 2 is 1.81 bits per heavy atom. The minimum absolute atomic E-state index is 0.0352. The Hall–Kier alpha value is -6.02. The molecule has 0 radical (unpaired) electrons. The number of fused-ring (bicyclic) bond motifs is 2. The molecule has 3 saturated heterocycles. The van der Waals surface area contributed by atoms with Gasteiger partial charge in [-0.15, -0.1) is 0 Å². The molecule has 3 fully saturated rings. The molecule has 3 aliphatic heterocycles. The van der Waals surface area contributed by atoms with E-state index in [0.717, 1.165) is 16.6 Å². The SMILES string of the molecule is CNC(=O)COc1cc2cc(Nc3nc(N4CCN(CC5CCN(c6cccc7c(C8CCC(=O)NC8=O)nn(C)c67)CC5)C(C(F)(F)F)C4)ncc3Cl)cnc2n(C(C)C)c1=O. The number of benzene rings is 1. The van der Waals surface area contributed by atoms with Crippen LogP contribution in [0, 0.1) is 5.92 Å². The molecule has 63 heavy (non-hydrogen) atoms. The van der Waals surface area contributed by atoms with Gasteiger partial charge in [0, 0.05) is 76.6 Å². The summed E-state index contributed by atoms with van der Waals surface area (Å²) >= 11 is 6.51. The Morgan fingerprint density at radius 3 is 2.52 bits per heavy atom. The molecule has 1 aromatic carbocycles. The van der Waals surface area contributed by atoms with E-state index >= 15 is 0 Å². The summed E-state index contributed by atoms with van der Waals surface area (Å²) in [6.07, 6.45) is 0.341. The minimum Gasteiger partial charge on any atom is -0.478 e. The van der Waals surface area contributed by atoms with Gasteiger partial charge in [0.05, 0.1) is 40.9 Å². The Bertz CT molecular complexity index is 2630. The minimum atomic E-state index is -4.52. The predicted molar refractivity (Wildman–Crippen MR) is 231 cm³/mol. The second-order valence-electron chi connectivity index (χ2n) is 16.5. The van der Waals surface area contributed by atoms with Crippen LogP contribution in [-0.4, -0.2) is 117 Å². The van der Waals surface area contributed by atoms with Gasteiger partial charge in [0.1, 0.15) is 16.7 Å². The lowest BCUT2D eigenvalue weighted by molar-refractivity contribution is -0.186. The van der Waals surface area contributed by atoms with E-state index in [2.05, 4.69) is 35.8 Å². The Balaban J connectivity index is 0.939. The number of anilines is 4. The van der Waals surface area contributed by atoms with E-state index < -0.39 is 29.6 Å². The zero-order chi connectivity index (χ0) is 44.7. The topological polar surface area (TPSA) is 185 Å². The van der Waals surface area contributed by atoms with Crippen LogP contribution in [0.1, 0.15) is 57.2 Å². The van der Waals surface area contributed by atoms with E-state index in [0.29, 0.717) is 54.8 Å². The number of pyridine rings is 2. The number of carbonyl (C=O) groups excluding carboxylic acids is 3. The maximum atomic E-state index is 14.8. The van der Waals surface area contributed by atoms with Crippen LogP contribution in [0.2, 0.25) is 5.02 Å². The zero-order valence-electron chi connectivity index (χ0n) is 35.2. The van der Waals surface area contributed by atoms with Crippen LogP contribution in [0.15, 0.2) is 47.5 Å². The Morgan fingerprint density at radius 1 is 1.03 bits per heavy atom. The van der Waals surface area contributed by atoms with Crippen LogP contribution in [-0.2, 0) is 21.4 Å². The van der Waals surface area contributed by atoms with Crippen molar-refractivity contribution < 1.29 is 32.3 Å². The molecule has 8 rings (SSSR count). The number of aryl methyl sites for hydroxylation is 1. The average Bonchev–Trinajstić information content (AvgIpc) is 3.59. The number of halogens is 4. The maximum Gasteiger partial charge on any atom is 0.405 e. The number of imide groups is 1. The van der Waals surface area contributed by atoms with E-state index in [1.165, 1.54) is 39.9 Å². The lowest BCUT2D eigenvalue weighted by Gasteiger charge is -2.44. The molecule has 0 saturated carbocycles. The fourth-order valence-corrected chi connectivity index (χ4v) is 8.97. The highest BCUT2D eigenvalue weighted by atomic mass is 35.5. The maximum absolute atomic E-state index is 14.8. The van der Waals surface area contributed by atoms with Crippen molar-refractivity contribution in [3.8, 4) is 5.75 Å². The van der Waals surface area contributed by atoms with Crippen LogP contribution >= 0.6 is 11.6 Å². The van der Waals surface area contributed by atoms with Crippen LogP contribution in [0.3, 0.4) is 0 Å². The van der Waals surface area contributed by atoms with Crippen molar-refractivity contribution in [3.05, 3.63) is 63.8 Å². The summed E-state index contributed by atoms with van der Waals surface area (Å²) in [5.41, 5.74) is 2.82. The molecule has 2 atom stereocenters. The van der Waals surface area contributed by atoms with Crippen molar-refractivity contribution in [2.24, 2.45) is 13.0 Å². The van der Waals surface area contributed by atoms with Gasteiger partial charge >= 0.3 is 6.18 Å². The molecule has 4 aromatic heterocycles. The number of para-hydroxylation sites is 1. The molecule has 3 amide bonds. The van der Waals surface area contributed by atoms with E-state index in [1.54, 1.807) is 10.7 Å². The Kier molecular flexibility index (Phi) is 12.2. The third kappa shape index (κ3) is 8.95. The van der Waals surface area contributed by atoms with Crippen LogP contribution < -0.4 is 36.0 Å². The third-order valence-corrected chi connectivity index (χ3v) is 12.3. The fraction of sp³-hybridized carbons (Fsp3) is 0.476. The molecule has 334 valence electrons. The molecular formula is C42H48ClF3N12O5. The number of piperidine rings is 2. The molecule has 7 heterocycles. The van der Waals surface area contributed by atoms with Crippen LogP contribution in [0.5, 0.6) is 5.75 Å². The average molecular weight is 893 g/mol. The first-order valence-electron chi connectivity index (χ1n) is 20.9. The summed E-state index contributed by atoms with van der Waals surface area (Å²) in [6.45, 7) is 4.89. The number of nitrogens with one attached hydrogen (secondary N) is 3. The molecule has 21 heteroatoms. The summed E-state index contributed by atoms with van der Waals surface area (Å²) < 4.78 is 53.2. The van der Waals surface area contributed by atoms with Gasteiger partial charge in [-0.25, -0.2) is 9.97 Å². The number of hydrogen-bond acceptors (Lipinski definition) is 13. The van der Waals surface area contributed by atoms with Gasteiger partial charge in [-0.05, 0) is 57.2 Å². The third-order valence-electron chi connectivity index (χ3n) is 12.0. The molecule has 0 bridgehead atoms. The molecule has 3 aliphatic rings. The number of alkyl halides is 3. The highest BCUT2D eigenvalue weighted by Crippen LogP contribution is 2.37. The van der Waals surface area contributed by atoms with Crippen molar-refractivity contribution in [1.82, 2.24) is 44.8 Å². The van der Waals surface area contributed by atoms with Gasteiger partial charge in [0.15, 0.2) is 18.2 Å². The normalized spacial score (nSPS) is 19.3. The summed E-state index contributed by atoms with van der Waals surface area (Å²) in [5.74, 6) is -1.33. The second kappa shape index (κ2) is 17.6. The monoisotopic (exact) mass is 892 g/mol. The number of nitrogens with zero attached hydrogens (tertiary/aromatic N) is 9. The molecule has 0 spiro atoms. The zero-order valence-corrected chi connectivity index (χ0v) is 36.0. The predicted octanol–water partition coefficient (Wildman–Crippen LogP) is 4.67. The Labute approximate surface area is 364 Å². The van der Waals surface area contributed by atoms with Crippen molar-refractivity contribution in [2.75, 3.05) is 68.0 Å². The van der Waals surface area contributed by atoms with Gasteiger partial charge in [0.25, 0.3) is 11.5 Å². The molecule has 2 unspecified atom stereocenters. The smallest absolute Gasteiger partial charge is 0.405 e. The van der Waals surface area contributed by atoms with Gasteiger partial charge in [-0.3, -0.25) is 38.6 Å². The quantitative estimate of drug-likeness (QED) is 0.156. The second-order valence-corrected chi connectivity index (χ2v) is 16.9. The number of rotatable bonds is 11. The summed E-state index contributed by atoms with van der Waals surface area (Å²) in [7, 11) is 3.29. The van der Waals surface area contributed by atoms with Gasteiger partial charge < -0.3 is 25.2 Å². The highest BCUT2D eigenvalue weighted by Gasteiger charge is 2.47. The number of carbonyl (C=O) groups is 3. The van der Waals surface area contributed by atoms with Crippen LogP contribution in [0.4, 0.5) is 36.3 Å². The standard InChI is InChI=1S/C42H48ClF3N12O5/c1-23(2)58-38-25(17-31(40(58)62)63-22-34(60)47-3)16-26(18-48-38)50-37-29(43)19-49-41(52-37)57-15-14-56(32(21-57)42(44,45)46)20-24-10-12-55(13-11-24)30-7-5-6-27-35(53-54(4)36(27)30)28-8-9-33(59)51-39(28)61/h5-7,16-19,23-24,28,32H,8-15,20-22H2,1-4H3,(H,47,60)(H,49,50,52)(H,51,59,61). The molecule has 17 nitrogen and oxygen atoms in total.